The molecule has 2 rings (SSSR count). The van der Waals surface area contributed by atoms with Gasteiger partial charge < -0.3 is 15.3 Å². The highest BCUT2D eigenvalue weighted by atomic mass is 35.5. The van der Waals surface area contributed by atoms with Crippen LogP contribution in [-0.2, 0) is 0 Å². The molecule has 1 unspecified atom stereocenters. The van der Waals surface area contributed by atoms with Crippen LogP contribution in [0.2, 0.25) is 5.02 Å². The molecule has 1 aliphatic heterocycles. The van der Waals surface area contributed by atoms with Gasteiger partial charge in [-0.3, -0.25) is 0 Å². The van der Waals surface area contributed by atoms with Gasteiger partial charge in [0.1, 0.15) is 0 Å². The van der Waals surface area contributed by atoms with Crippen LogP contribution in [0.1, 0.15) is 18.4 Å². The van der Waals surface area contributed by atoms with E-state index in [-0.39, 0.29) is 6.61 Å². The monoisotopic (exact) mass is 268 g/mol. The highest BCUT2D eigenvalue weighted by molar-refractivity contribution is 6.31. The van der Waals surface area contributed by atoms with Gasteiger partial charge in [0.15, 0.2) is 0 Å². The maximum Gasteiger partial charge on any atom is 0.0556 e. The predicted molar refractivity (Wildman–Crippen MR) is 76.5 cm³/mol. The second kappa shape index (κ2) is 6.41. The zero-order valence-electron chi connectivity index (χ0n) is 10.8. The number of nitrogens with one attached hydrogen (secondary N) is 1. The normalized spacial score (nSPS) is 20.2. The molecule has 2 N–H and O–H groups in total. The van der Waals surface area contributed by atoms with Gasteiger partial charge in [0.25, 0.3) is 0 Å². The molecule has 100 valence electrons. The van der Waals surface area contributed by atoms with Crippen molar-refractivity contribution in [3.63, 3.8) is 0 Å². The smallest absolute Gasteiger partial charge is 0.0556 e. The molecule has 3 nitrogen and oxygen atoms in total. The minimum Gasteiger partial charge on any atom is -0.395 e. The van der Waals surface area contributed by atoms with E-state index in [0.29, 0.717) is 12.6 Å². The Morgan fingerprint density at radius 1 is 1.50 bits per heavy atom. The Bertz CT molecular complexity index is 397. The molecular weight excluding hydrogens is 248 g/mol. The van der Waals surface area contributed by atoms with E-state index in [2.05, 4.69) is 22.3 Å². The molecule has 1 aliphatic rings. The highest BCUT2D eigenvalue weighted by Crippen LogP contribution is 2.25. The quantitative estimate of drug-likeness (QED) is 0.879. The number of aliphatic hydroxyl groups is 1. The van der Waals surface area contributed by atoms with Crippen LogP contribution in [0.4, 0.5) is 5.69 Å². The van der Waals surface area contributed by atoms with Crippen molar-refractivity contribution in [2.45, 2.75) is 25.8 Å². The molecule has 1 atom stereocenters. The maximum atomic E-state index is 8.85. The van der Waals surface area contributed by atoms with E-state index in [4.69, 9.17) is 16.7 Å². The predicted octanol–water partition coefficient (Wildman–Crippen LogP) is 2.20. The lowest BCUT2D eigenvalue weighted by atomic mass is 10.0. The van der Waals surface area contributed by atoms with Gasteiger partial charge in [-0.25, -0.2) is 0 Å². The van der Waals surface area contributed by atoms with Crippen LogP contribution in [0.5, 0.6) is 0 Å². The summed E-state index contributed by atoms with van der Waals surface area (Å²) in [5, 5.41) is 13.1. The molecule has 0 radical (unpaired) electrons. The summed E-state index contributed by atoms with van der Waals surface area (Å²) >= 11 is 6.18. The Balaban J connectivity index is 2.01. The Morgan fingerprint density at radius 2 is 2.33 bits per heavy atom. The number of halogens is 1. The number of rotatable bonds is 4. The van der Waals surface area contributed by atoms with E-state index >= 15 is 0 Å². The summed E-state index contributed by atoms with van der Waals surface area (Å²) in [4.78, 5) is 2.36. The molecule has 1 fully saturated rings. The van der Waals surface area contributed by atoms with Crippen LogP contribution in [-0.4, -0.2) is 37.4 Å². The molecule has 4 heteroatoms. The van der Waals surface area contributed by atoms with Crippen LogP contribution < -0.4 is 10.2 Å². The fraction of sp³-hybridized carbons (Fsp3) is 0.571. The second-order valence-electron chi connectivity index (χ2n) is 4.90. The molecule has 0 saturated carbocycles. The van der Waals surface area contributed by atoms with E-state index in [1.807, 2.05) is 13.0 Å². The zero-order valence-corrected chi connectivity index (χ0v) is 11.6. The Labute approximate surface area is 114 Å². The SMILES string of the molecule is Cc1ccc(N2CCCC(NCCO)C2)cc1Cl. The minimum atomic E-state index is 0.201. The van der Waals surface area contributed by atoms with Crippen molar-refractivity contribution >= 4 is 17.3 Å². The lowest BCUT2D eigenvalue weighted by molar-refractivity contribution is 0.278. The van der Waals surface area contributed by atoms with Crippen molar-refractivity contribution in [1.29, 1.82) is 0 Å². The van der Waals surface area contributed by atoms with Gasteiger partial charge in [0, 0.05) is 36.4 Å². The number of nitrogens with zero attached hydrogens (tertiary/aromatic N) is 1. The van der Waals surface area contributed by atoms with Crippen molar-refractivity contribution < 1.29 is 5.11 Å². The van der Waals surface area contributed by atoms with E-state index in [9.17, 15) is 0 Å². The van der Waals surface area contributed by atoms with E-state index in [1.54, 1.807) is 0 Å². The number of aryl methyl sites for hydroxylation is 1. The first kappa shape index (κ1) is 13.7. The van der Waals surface area contributed by atoms with Crippen LogP contribution in [0.3, 0.4) is 0 Å². The molecule has 0 spiro atoms. The average Bonchev–Trinajstić information content (AvgIpc) is 2.40. The van der Waals surface area contributed by atoms with Gasteiger partial charge in [-0.05, 0) is 37.5 Å². The van der Waals surface area contributed by atoms with Crippen molar-refractivity contribution in [3.05, 3.63) is 28.8 Å². The number of anilines is 1. The van der Waals surface area contributed by atoms with Crippen LogP contribution in [0.15, 0.2) is 18.2 Å². The Morgan fingerprint density at radius 3 is 3.06 bits per heavy atom. The third-order valence-corrected chi connectivity index (χ3v) is 3.89. The van der Waals surface area contributed by atoms with Crippen molar-refractivity contribution in [3.8, 4) is 0 Å². The first-order valence-electron chi connectivity index (χ1n) is 6.56. The van der Waals surface area contributed by atoms with E-state index < -0.39 is 0 Å². The molecular formula is C14H21ClN2O. The van der Waals surface area contributed by atoms with Crippen molar-refractivity contribution in [2.75, 3.05) is 31.1 Å². The summed E-state index contributed by atoms with van der Waals surface area (Å²) in [5.41, 5.74) is 2.31. The highest BCUT2D eigenvalue weighted by Gasteiger charge is 2.19. The molecule has 18 heavy (non-hydrogen) atoms. The molecule has 1 saturated heterocycles. The molecule has 0 aromatic heterocycles. The summed E-state index contributed by atoms with van der Waals surface area (Å²) in [7, 11) is 0. The third-order valence-electron chi connectivity index (χ3n) is 3.49. The molecule has 0 aliphatic carbocycles. The first-order chi connectivity index (χ1) is 8.70. The largest absolute Gasteiger partial charge is 0.395 e. The third kappa shape index (κ3) is 3.37. The summed E-state index contributed by atoms with van der Waals surface area (Å²) in [6.45, 7) is 4.96. The number of benzene rings is 1. The number of hydrogen-bond acceptors (Lipinski definition) is 3. The zero-order chi connectivity index (χ0) is 13.0. The molecule has 1 aromatic carbocycles. The molecule has 1 aromatic rings. The van der Waals surface area contributed by atoms with Gasteiger partial charge in [0.05, 0.1) is 6.61 Å². The second-order valence-corrected chi connectivity index (χ2v) is 5.30. The maximum absolute atomic E-state index is 8.85. The topological polar surface area (TPSA) is 35.5 Å². The van der Waals surface area contributed by atoms with Gasteiger partial charge in [0.2, 0.25) is 0 Å². The minimum absolute atomic E-state index is 0.201. The molecule has 0 bridgehead atoms. The van der Waals surface area contributed by atoms with E-state index in [0.717, 1.165) is 23.7 Å². The van der Waals surface area contributed by atoms with Crippen LogP contribution in [0.25, 0.3) is 0 Å². The van der Waals surface area contributed by atoms with Crippen LogP contribution >= 0.6 is 11.6 Å². The molecule has 1 heterocycles. The Hall–Kier alpha value is -0.770. The van der Waals surface area contributed by atoms with Gasteiger partial charge >= 0.3 is 0 Å². The summed E-state index contributed by atoms with van der Waals surface area (Å²) in [6.07, 6.45) is 2.35. The fourth-order valence-electron chi connectivity index (χ4n) is 2.43. The van der Waals surface area contributed by atoms with Crippen LogP contribution in [0, 0.1) is 6.92 Å². The van der Waals surface area contributed by atoms with Gasteiger partial charge in [-0.2, -0.15) is 0 Å². The van der Waals surface area contributed by atoms with Crippen molar-refractivity contribution in [2.24, 2.45) is 0 Å². The summed E-state index contributed by atoms with van der Waals surface area (Å²) in [5.74, 6) is 0. The number of aliphatic hydroxyl groups excluding tert-OH is 1. The summed E-state index contributed by atoms with van der Waals surface area (Å²) < 4.78 is 0. The van der Waals surface area contributed by atoms with Crippen molar-refractivity contribution in [1.82, 2.24) is 5.32 Å². The van der Waals surface area contributed by atoms with Gasteiger partial charge in [-0.15, -0.1) is 0 Å². The average molecular weight is 269 g/mol. The number of piperidine rings is 1. The fourth-order valence-corrected chi connectivity index (χ4v) is 2.60. The van der Waals surface area contributed by atoms with E-state index in [1.165, 1.54) is 18.5 Å². The number of hydrogen-bond donors (Lipinski definition) is 2. The first-order valence-corrected chi connectivity index (χ1v) is 6.94. The molecule has 0 amide bonds. The van der Waals surface area contributed by atoms with Gasteiger partial charge in [-0.1, -0.05) is 17.7 Å². The lowest BCUT2D eigenvalue weighted by Crippen LogP contribution is -2.46. The summed E-state index contributed by atoms with van der Waals surface area (Å²) in [6, 6.07) is 6.72. The lowest BCUT2D eigenvalue weighted by Gasteiger charge is -2.35. The standard InChI is InChI=1S/C14H21ClN2O/c1-11-4-5-13(9-14(11)15)17-7-2-3-12(10-17)16-6-8-18/h4-5,9,12,16,18H,2-3,6-8,10H2,1H3. The Kier molecular flexibility index (Phi) is 4.87.